The van der Waals surface area contributed by atoms with E-state index in [9.17, 15) is 0 Å². The molecule has 1 aliphatic heterocycles. The van der Waals surface area contributed by atoms with Crippen LogP contribution in [0.3, 0.4) is 0 Å². The van der Waals surface area contributed by atoms with Gasteiger partial charge >= 0.3 is 0 Å². The van der Waals surface area contributed by atoms with Gasteiger partial charge in [-0.2, -0.15) is 0 Å². The fourth-order valence-electron chi connectivity index (χ4n) is 1.83. The monoisotopic (exact) mass is 237 g/mol. The molecule has 1 aliphatic rings. The van der Waals surface area contributed by atoms with Gasteiger partial charge in [0.2, 0.25) is 0 Å². The lowest BCUT2D eigenvalue weighted by Crippen LogP contribution is -2.16. The summed E-state index contributed by atoms with van der Waals surface area (Å²) in [7, 11) is 0. The van der Waals surface area contributed by atoms with E-state index in [1.165, 1.54) is 9.75 Å². The molecule has 3 heteroatoms. The van der Waals surface area contributed by atoms with Crippen LogP contribution in [0, 0.1) is 6.92 Å². The van der Waals surface area contributed by atoms with Crippen LogP contribution in [0.5, 0.6) is 0 Å². The molecule has 1 aromatic heterocycles. The highest BCUT2D eigenvalue weighted by atomic mass is 32.1. The number of hydrogen-bond donors (Lipinski definition) is 1. The molecule has 0 unspecified atom stereocenters. The van der Waals surface area contributed by atoms with Crippen LogP contribution in [0.4, 0.5) is 0 Å². The molecule has 0 saturated heterocycles. The standard InChI is InChI=1S/C13H19NOS/c1-11-2-3-13(16-11)10-14-7-4-12-5-8-15-9-6-12/h2-3,5,14H,4,6-10H2,1H3. The number of aryl methyl sites for hydroxylation is 1. The minimum atomic E-state index is 0.805. The molecule has 0 amide bonds. The Bertz CT molecular complexity index is 357. The largest absolute Gasteiger partial charge is 0.377 e. The van der Waals surface area contributed by atoms with Crippen LogP contribution in [0.15, 0.2) is 23.8 Å². The molecule has 2 heterocycles. The van der Waals surface area contributed by atoms with E-state index in [1.54, 1.807) is 5.57 Å². The van der Waals surface area contributed by atoms with Gasteiger partial charge in [-0.15, -0.1) is 11.3 Å². The maximum absolute atomic E-state index is 5.28. The van der Waals surface area contributed by atoms with Crippen LogP contribution in [-0.2, 0) is 11.3 Å². The first-order chi connectivity index (χ1) is 7.84. The van der Waals surface area contributed by atoms with Gasteiger partial charge in [0.25, 0.3) is 0 Å². The van der Waals surface area contributed by atoms with Crippen LogP contribution in [0.1, 0.15) is 22.6 Å². The van der Waals surface area contributed by atoms with Crippen molar-refractivity contribution in [3.63, 3.8) is 0 Å². The Kier molecular flexibility index (Phi) is 4.57. The molecule has 0 aliphatic carbocycles. The summed E-state index contributed by atoms with van der Waals surface area (Å²) in [5.41, 5.74) is 1.54. The maximum atomic E-state index is 5.28. The average Bonchev–Trinajstić information content (AvgIpc) is 2.72. The minimum absolute atomic E-state index is 0.805. The van der Waals surface area contributed by atoms with Gasteiger partial charge in [0.05, 0.1) is 13.2 Å². The molecular formula is C13H19NOS. The molecule has 0 aromatic carbocycles. The summed E-state index contributed by atoms with van der Waals surface area (Å²) in [4.78, 5) is 2.82. The van der Waals surface area contributed by atoms with Gasteiger partial charge in [-0.3, -0.25) is 0 Å². The summed E-state index contributed by atoms with van der Waals surface area (Å²) >= 11 is 1.88. The normalized spacial score (nSPS) is 16.2. The molecule has 16 heavy (non-hydrogen) atoms. The van der Waals surface area contributed by atoms with E-state index in [2.05, 4.69) is 30.4 Å². The molecule has 0 radical (unpaired) electrons. The third kappa shape index (κ3) is 3.74. The Morgan fingerprint density at radius 1 is 1.44 bits per heavy atom. The van der Waals surface area contributed by atoms with Crippen molar-refractivity contribution in [3.8, 4) is 0 Å². The predicted molar refractivity (Wildman–Crippen MR) is 68.9 cm³/mol. The number of hydrogen-bond acceptors (Lipinski definition) is 3. The molecule has 0 fully saturated rings. The Morgan fingerprint density at radius 2 is 2.38 bits per heavy atom. The number of rotatable bonds is 5. The first-order valence-electron chi connectivity index (χ1n) is 5.86. The molecule has 88 valence electrons. The van der Waals surface area contributed by atoms with Crippen LogP contribution in [0.25, 0.3) is 0 Å². The van der Waals surface area contributed by atoms with Crippen molar-refractivity contribution in [1.29, 1.82) is 0 Å². The van der Waals surface area contributed by atoms with E-state index in [0.29, 0.717) is 0 Å². The lowest BCUT2D eigenvalue weighted by atomic mass is 10.1. The molecule has 0 saturated carbocycles. The molecule has 0 spiro atoms. The van der Waals surface area contributed by atoms with Crippen molar-refractivity contribution < 1.29 is 4.74 Å². The number of thiophene rings is 1. The topological polar surface area (TPSA) is 21.3 Å². The summed E-state index contributed by atoms with van der Waals surface area (Å²) < 4.78 is 5.28. The van der Waals surface area contributed by atoms with E-state index >= 15 is 0 Å². The van der Waals surface area contributed by atoms with Crippen molar-refractivity contribution in [2.24, 2.45) is 0 Å². The fraction of sp³-hybridized carbons (Fsp3) is 0.538. The van der Waals surface area contributed by atoms with Crippen molar-refractivity contribution in [1.82, 2.24) is 5.32 Å². The van der Waals surface area contributed by atoms with Gasteiger partial charge in [-0.05, 0) is 38.4 Å². The van der Waals surface area contributed by atoms with E-state index in [-0.39, 0.29) is 0 Å². The number of nitrogens with one attached hydrogen (secondary N) is 1. The molecular weight excluding hydrogens is 218 g/mol. The highest BCUT2D eigenvalue weighted by molar-refractivity contribution is 7.11. The molecule has 2 rings (SSSR count). The van der Waals surface area contributed by atoms with Gasteiger partial charge in [0.1, 0.15) is 0 Å². The van der Waals surface area contributed by atoms with Crippen LogP contribution >= 0.6 is 11.3 Å². The molecule has 1 aromatic rings. The van der Waals surface area contributed by atoms with Gasteiger partial charge in [0.15, 0.2) is 0 Å². The summed E-state index contributed by atoms with van der Waals surface area (Å²) in [6.07, 6.45) is 4.49. The van der Waals surface area contributed by atoms with Crippen LogP contribution in [-0.4, -0.2) is 19.8 Å². The zero-order chi connectivity index (χ0) is 11.2. The van der Waals surface area contributed by atoms with Crippen molar-refractivity contribution >= 4 is 11.3 Å². The van der Waals surface area contributed by atoms with E-state index < -0.39 is 0 Å². The van der Waals surface area contributed by atoms with Crippen molar-refractivity contribution in [2.75, 3.05) is 19.8 Å². The molecule has 0 atom stereocenters. The SMILES string of the molecule is Cc1ccc(CNCCC2=CCOCC2)s1. The fourth-order valence-corrected chi connectivity index (χ4v) is 2.69. The Balaban J connectivity index is 1.63. The van der Waals surface area contributed by atoms with E-state index in [4.69, 9.17) is 4.74 Å². The first kappa shape index (κ1) is 11.8. The second-order valence-electron chi connectivity index (χ2n) is 4.13. The second kappa shape index (κ2) is 6.18. The smallest absolute Gasteiger partial charge is 0.0650 e. The number of ether oxygens (including phenoxy) is 1. The zero-order valence-electron chi connectivity index (χ0n) is 9.79. The van der Waals surface area contributed by atoms with Gasteiger partial charge in [0, 0.05) is 16.3 Å². The second-order valence-corrected chi connectivity index (χ2v) is 5.50. The highest BCUT2D eigenvalue weighted by Gasteiger charge is 2.03. The lowest BCUT2D eigenvalue weighted by molar-refractivity contribution is 0.153. The Morgan fingerprint density at radius 3 is 3.06 bits per heavy atom. The van der Waals surface area contributed by atoms with E-state index in [0.717, 1.165) is 39.1 Å². The van der Waals surface area contributed by atoms with Crippen molar-refractivity contribution in [2.45, 2.75) is 26.3 Å². The zero-order valence-corrected chi connectivity index (χ0v) is 10.6. The average molecular weight is 237 g/mol. The highest BCUT2D eigenvalue weighted by Crippen LogP contribution is 2.15. The van der Waals surface area contributed by atoms with Gasteiger partial charge in [-0.1, -0.05) is 11.6 Å². The lowest BCUT2D eigenvalue weighted by Gasteiger charge is -2.13. The predicted octanol–water partition coefficient (Wildman–Crippen LogP) is 2.88. The van der Waals surface area contributed by atoms with Crippen molar-refractivity contribution in [3.05, 3.63) is 33.5 Å². The van der Waals surface area contributed by atoms with Crippen LogP contribution in [0.2, 0.25) is 0 Å². The Hall–Kier alpha value is -0.640. The molecule has 2 nitrogen and oxygen atoms in total. The summed E-state index contributed by atoms with van der Waals surface area (Å²) in [6.45, 7) is 5.93. The van der Waals surface area contributed by atoms with Gasteiger partial charge < -0.3 is 10.1 Å². The first-order valence-corrected chi connectivity index (χ1v) is 6.68. The third-order valence-corrected chi connectivity index (χ3v) is 3.78. The third-order valence-electron chi connectivity index (χ3n) is 2.78. The summed E-state index contributed by atoms with van der Waals surface area (Å²) in [5.74, 6) is 0. The van der Waals surface area contributed by atoms with Crippen LogP contribution < -0.4 is 5.32 Å². The van der Waals surface area contributed by atoms with E-state index in [1.807, 2.05) is 11.3 Å². The maximum Gasteiger partial charge on any atom is 0.0650 e. The summed E-state index contributed by atoms with van der Waals surface area (Å²) in [6, 6.07) is 4.39. The quantitative estimate of drug-likeness (QED) is 0.628. The Labute approximate surface area is 101 Å². The molecule has 0 bridgehead atoms. The minimum Gasteiger partial charge on any atom is -0.377 e. The molecule has 1 N–H and O–H groups in total. The summed E-state index contributed by atoms with van der Waals surface area (Å²) in [5, 5.41) is 3.49. The van der Waals surface area contributed by atoms with Gasteiger partial charge in [-0.25, -0.2) is 0 Å².